The molecule has 3 aromatic rings. The SMILES string of the molecule is c1cncc(C2CCNc3nc4ccccc4n32)c1. The maximum absolute atomic E-state index is 4.66. The van der Waals surface area contributed by atoms with Crippen LogP contribution in [0.3, 0.4) is 0 Å². The first-order chi connectivity index (χ1) is 9.43. The number of hydrogen-bond acceptors (Lipinski definition) is 3. The normalized spacial score (nSPS) is 18.0. The molecule has 3 heterocycles. The molecule has 1 N–H and O–H groups in total. The Bertz CT molecular complexity index is 717. The van der Waals surface area contributed by atoms with E-state index in [9.17, 15) is 0 Å². The molecule has 0 fully saturated rings. The van der Waals surface area contributed by atoms with Crippen molar-refractivity contribution >= 4 is 17.0 Å². The van der Waals surface area contributed by atoms with Crippen molar-refractivity contribution in [3.05, 3.63) is 54.4 Å². The third-order valence-corrected chi connectivity index (χ3v) is 3.68. The predicted octanol–water partition coefficient (Wildman–Crippen LogP) is 2.84. The van der Waals surface area contributed by atoms with Crippen LogP contribution < -0.4 is 5.32 Å². The van der Waals surface area contributed by atoms with Gasteiger partial charge in [-0.1, -0.05) is 18.2 Å². The molecule has 4 rings (SSSR count). The van der Waals surface area contributed by atoms with Crippen molar-refractivity contribution in [2.45, 2.75) is 12.5 Å². The second kappa shape index (κ2) is 4.09. The van der Waals surface area contributed by atoms with Crippen molar-refractivity contribution in [3.8, 4) is 0 Å². The van der Waals surface area contributed by atoms with E-state index in [4.69, 9.17) is 0 Å². The highest BCUT2D eigenvalue weighted by molar-refractivity contribution is 5.79. The summed E-state index contributed by atoms with van der Waals surface area (Å²) in [6, 6.07) is 12.7. The maximum atomic E-state index is 4.66. The van der Waals surface area contributed by atoms with E-state index >= 15 is 0 Å². The minimum Gasteiger partial charge on any atom is -0.356 e. The molecule has 0 radical (unpaired) electrons. The van der Waals surface area contributed by atoms with Crippen molar-refractivity contribution in [1.82, 2.24) is 14.5 Å². The number of rotatable bonds is 1. The highest BCUT2D eigenvalue weighted by atomic mass is 15.2. The molecule has 0 bridgehead atoms. The molecule has 1 aromatic carbocycles. The van der Waals surface area contributed by atoms with E-state index in [0.29, 0.717) is 6.04 Å². The van der Waals surface area contributed by atoms with Gasteiger partial charge in [0.25, 0.3) is 0 Å². The number of nitrogens with one attached hydrogen (secondary N) is 1. The Kier molecular flexibility index (Phi) is 2.27. The first kappa shape index (κ1) is 10.6. The van der Waals surface area contributed by atoms with Crippen LogP contribution in [-0.2, 0) is 0 Å². The number of hydrogen-bond donors (Lipinski definition) is 1. The highest BCUT2D eigenvalue weighted by Crippen LogP contribution is 2.33. The number of aromatic nitrogens is 3. The third-order valence-electron chi connectivity index (χ3n) is 3.68. The lowest BCUT2D eigenvalue weighted by Crippen LogP contribution is -2.23. The van der Waals surface area contributed by atoms with Gasteiger partial charge >= 0.3 is 0 Å². The first-order valence-electron chi connectivity index (χ1n) is 6.54. The summed E-state index contributed by atoms with van der Waals surface area (Å²) in [6.45, 7) is 0.947. The van der Waals surface area contributed by atoms with Crippen LogP contribution in [-0.4, -0.2) is 21.1 Å². The second-order valence-electron chi connectivity index (χ2n) is 4.81. The van der Waals surface area contributed by atoms with Gasteiger partial charge in [0.2, 0.25) is 5.95 Å². The summed E-state index contributed by atoms with van der Waals surface area (Å²) >= 11 is 0. The van der Waals surface area contributed by atoms with Crippen LogP contribution in [0.5, 0.6) is 0 Å². The van der Waals surface area contributed by atoms with Gasteiger partial charge in [0, 0.05) is 18.9 Å². The van der Waals surface area contributed by atoms with E-state index in [0.717, 1.165) is 24.4 Å². The molecule has 4 nitrogen and oxygen atoms in total. The fourth-order valence-corrected chi connectivity index (χ4v) is 2.82. The van der Waals surface area contributed by atoms with Gasteiger partial charge in [0.15, 0.2) is 0 Å². The Morgan fingerprint density at radius 3 is 3.00 bits per heavy atom. The topological polar surface area (TPSA) is 42.7 Å². The van der Waals surface area contributed by atoms with Crippen LogP contribution >= 0.6 is 0 Å². The van der Waals surface area contributed by atoms with Gasteiger partial charge in [-0.3, -0.25) is 4.98 Å². The molecule has 1 atom stereocenters. The Labute approximate surface area is 111 Å². The van der Waals surface area contributed by atoms with E-state index in [2.05, 4.69) is 44.1 Å². The molecule has 4 heteroatoms. The molecule has 1 aliphatic rings. The summed E-state index contributed by atoms with van der Waals surface area (Å²) in [4.78, 5) is 8.90. The minimum absolute atomic E-state index is 0.317. The number of imidazole rings is 1. The number of fused-ring (bicyclic) bond motifs is 3. The molecule has 1 unspecified atom stereocenters. The molecule has 2 aromatic heterocycles. The van der Waals surface area contributed by atoms with E-state index in [1.807, 2.05) is 24.5 Å². The average molecular weight is 250 g/mol. The van der Waals surface area contributed by atoms with E-state index in [1.165, 1.54) is 11.1 Å². The molecule has 19 heavy (non-hydrogen) atoms. The molecule has 0 saturated carbocycles. The average Bonchev–Trinajstić information content (AvgIpc) is 2.86. The molecule has 0 aliphatic carbocycles. The van der Waals surface area contributed by atoms with Gasteiger partial charge in [-0.25, -0.2) is 4.98 Å². The molecule has 94 valence electrons. The summed E-state index contributed by atoms with van der Waals surface area (Å²) in [5, 5.41) is 3.38. The molecular formula is C15H14N4. The summed E-state index contributed by atoms with van der Waals surface area (Å²) in [7, 11) is 0. The second-order valence-corrected chi connectivity index (χ2v) is 4.81. The molecule has 1 aliphatic heterocycles. The monoisotopic (exact) mass is 250 g/mol. The van der Waals surface area contributed by atoms with E-state index < -0.39 is 0 Å². The fourth-order valence-electron chi connectivity index (χ4n) is 2.82. The zero-order valence-electron chi connectivity index (χ0n) is 10.5. The van der Waals surface area contributed by atoms with Crippen molar-refractivity contribution in [2.75, 3.05) is 11.9 Å². The van der Waals surface area contributed by atoms with E-state index in [-0.39, 0.29) is 0 Å². The quantitative estimate of drug-likeness (QED) is 0.722. The van der Waals surface area contributed by atoms with Crippen LogP contribution in [0.25, 0.3) is 11.0 Å². The summed E-state index contributed by atoms with van der Waals surface area (Å²) in [6.07, 6.45) is 4.82. The smallest absolute Gasteiger partial charge is 0.204 e. The number of nitrogens with zero attached hydrogens (tertiary/aromatic N) is 3. The lowest BCUT2D eigenvalue weighted by Gasteiger charge is -2.26. The third kappa shape index (κ3) is 1.60. The number of anilines is 1. The van der Waals surface area contributed by atoms with Gasteiger partial charge in [-0.15, -0.1) is 0 Å². The zero-order valence-corrected chi connectivity index (χ0v) is 10.5. The summed E-state index contributed by atoms with van der Waals surface area (Å²) < 4.78 is 2.29. The summed E-state index contributed by atoms with van der Waals surface area (Å²) in [5.74, 6) is 0.960. The molecule has 0 saturated heterocycles. The minimum atomic E-state index is 0.317. The Balaban J connectivity index is 1.95. The van der Waals surface area contributed by atoms with Gasteiger partial charge in [0.05, 0.1) is 17.1 Å². The van der Waals surface area contributed by atoms with Crippen LogP contribution in [0, 0.1) is 0 Å². The zero-order chi connectivity index (χ0) is 12.7. The Hall–Kier alpha value is -2.36. The lowest BCUT2D eigenvalue weighted by molar-refractivity contribution is 0.542. The predicted molar refractivity (Wildman–Crippen MR) is 75.2 cm³/mol. The highest BCUT2D eigenvalue weighted by Gasteiger charge is 2.24. The van der Waals surface area contributed by atoms with Crippen LogP contribution in [0.4, 0.5) is 5.95 Å². The molecule has 0 spiro atoms. The molecular weight excluding hydrogens is 236 g/mol. The van der Waals surface area contributed by atoms with Gasteiger partial charge < -0.3 is 9.88 Å². The number of benzene rings is 1. The number of pyridine rings is 1. The fraction of sp³-hybridized carbons (Fsp3) is 0.200. The lowest BCUT2D eigenvalue weighted by atomic mass is 10.0. The van der Waals surface area contributed by atoms with Crippen molar-refractivity contribution in [1.29, 1.82) is 0 Å². The van der Waals surface area contributed by atoms with Crippen molar-refractivity contribution < 1.29 is 0 Å². The standard InChI is InChI=1S/C15H14N4/c1-2-6-14-12(5-1)18-15-17-9-7-13(19(14)15)11-4-3-8-16-10-11/h1-6,8,10,13H,7,9H2,(H,17,18). The maximum Gasteiger partial charge on any atom is 0.204 e. The first-order valence-corrected chi connectivity index (χ1v) is 6.54. The Morgan fingerprint density at radius 1 is 1.16 bits per heavy atom. The van der Waals surface area contributed by atoms with Gasteiger partial charge in [-0.2, -0.15) is 0 Å². The van der Waals surface area contributed by atoms with Crippen LogP contribution in [0.2, 0.25) is 0 Å². The van der Waals surface area contributed by atoms with Crippen LogP contribution in [0.15, 0.2) is 48.8 Å². The number of para-hydroxylation sites is 2. The van der Waals surface area contributed by atoms with Crippen LogP contribution in [0.1, 0.15) is 18.0 Å². The Morgan fingerprint density at radius 2 is 2.11 bits per heavy atom. The largest absolute Gasteiger partial charge is 0.356 e. The summed E-state index contributed by atoms with van der Waals surface area (Å²) in [5.41, 5.74) is 3.47. The van der Waals surface area contributed by atoms with Crippen molar-refractivity contribution in [3.63, 3.8) is 0 Å². The molecule has 0 amide bonds. The van der Waals surface area contributed by atoms with E-state index in [1.54, 1.807) is 0 Å². The van der Waals surface area contributed by atoms with Crippen molar-refractivity contribution in [2.24, 2.45) is 0 Å². The van der Waals surface area contributed by atoms with Gasteiger partial charge in [-0.05, 0) is 30.2 Å². The van der Waals surface area contributed by atoms with Gasteiger partial charge in [0.1, 0.15) is 0 Å².